The summed E-state index contributed by atoms with van der Waals surface area (Å²) in [7, 11) is 1.63. The van der Waals surface area contributed by atoms with Gasteiger partial charge in [-0.1, -0.05) is 23.5 Å². The van der Waals surface area contributed by atoms with Gasteiger partial charge in [-0.25, -0.2) is 19.6 Å². The lowest BCUT2D eigenvalue weighted by molar-refractivity contribution is 0.0196. The summed E-state index contributed by atoms with van der Waals surface area (Å²) in [6.45, 7) is 11.1. The molecule has 2 amide bonds. The molecule has 2 aromatic carbocycles. The van der Waals surface area contributed by atoms with E-state index in [-0.39, 0.29) is 12.7 Å². The number of nitrogens with one attached hydrogen (secondary N) is 1. The SMILES string of the molecule is COc1cc(C)ccc1-c1nc(C)c(NC(=O)OCc2ccc3c(c2)nc2n3CCN(C(=O)OC(C)(C)C)C2)s1. The molecule has 1 aliphatic heterocycles. The van der Waals surface area contributed by atoms with Crippen LogP contribution in [0.4, 0.5) is 14.6 Å². The molecule has 11 heteroatoms. The maximum Gasteiger partial charge on any atom is 0.412 e. The van der Waals surface area contributed by atoms with Gasteiger partial charge < -0.3 is 18.8 Å². The van der Waals surface area contributed by atoms with Gasteiger partial charge in [-0.3, -0.25) is 10.2 Å². The monoisotopic (exact) mass is 563 g/mol. The van der Waals surface area contributed by atoms with Crippen molar-refractivity contribution in [1.29, 1.82) is 0 Å². The first-order chi connectivity index (χ1) is 19.0. The van der Waals surface area contributed by atoms with E-state index in [2.05, 4.69) is 14.9 Å². The highest BCUT2D eigenvalue weighted by atomic mass is 32.1. The number of amides is 2. The Labute approximate surface area is 236 Å². The zero-order valence-corrected chi connectivity index (χ0v) is 24.3. The zero-order chi connectivity index (χ0) is 28.6. The minimum Gasteiger partial charge on any atom is -0.496 e. The van der Waals surface area contributed by atoms with Gasteiger partial charge in [0.2, 0.25) is 0 Å². The van der Waals surface area contributed by atoms with Crippen molar-refractivity contribution >= 4 is 39.6 Å². The van der Waals surface area contributed by atoms with Crippen molar-refractivity contribution in [1.82, 2.24) is 19.4 Å². The second-order valence-corrected chi connectivity index (χ2v) is 11.7. The fourth-order valence-electron chi connectivity index (χ4n) is 4.52. The first-order valence-corrected chi connectivity index (χ1v) is 13.8. The fourth-order valence-corrected chi connectivity index (χ4v) is 5.50. The highest BCUT2D eigenvalue weighted by Crippen LogP contribution is 2.37. The first kappa shape index (κ1) is 27.4. The molecule has 40 heavy (non-hydrogen) atoms. The molecule has 4 aromatic rings. The van der Waals surface area contributed by atoms with Crippen LogP contribution in [-0.2, 0) is 29.2 Å². The second kappa shape index (κ2) is 10.8. The Morgan fingerprint density at radius 3 is 2.62 bits per heavy atom. The average Bonchev–Trinajstić information content (AvgIpc) is 3.45. The van der Waals surface area contributed by atoms with E-state index in [4.69, 9.17) is 19.2 Å². The third kappa shape index (κ3) is 5.89. The van der Waals surface area contributed by atoms with Crippen LogP contribution in [0.3, 0.4) is 0 Å². The van der Waals surface area contributed by atoms with Gasteiger partial charge >= 0.3 is 12.2 Å². The number of hydrogen-bond acceptors (Lipinski definition) is 8. The quantitative estimate of drug-likeness (QED) is 0.304. The molecule has 0 atom stereocenters. The summed E-state index contributed by atoms with van der Waals surface area (Å²) >= 11 is 1.37. The zero-order valence-electron chi connectivity index (χ0n) is 23.5. The van der Waals surface area contributed by atoms with E-state index in [0.717, 1.165) is 44.3 Å². The Hall–Kier alpha value is -4.12. The van der Waals surface area contributed by atoms with E-state index in [1.54, 1.807) is 12.0 Å². The number of aryl methyl sites for hydroxylation is 2. The Kier molecular flexibility index (Phi) is 7.41. The van der Waals surface area contributed by atoms with Crippen LogP contribution in [0.2, 0.25) is 0 Å². The van der Waals surface area contributed by atoms with E-state index in [0.29, 0.717) is 30.3 Å². The molecule has 10 nitrogen and oxygen atoms in total. The predicted octanol–water partition coefficient (Wildman–Crippen LogP) is 6.28. The van der Waals surface area contributed by atoms with Crippen LogP contribution in [-0.4, -0.2) is 50.9 Å². The Morgan fingerprint density at radius 2 is 1.88 bits per heavy atom. The van der Waals surface area contributed by atoms with Crippen molar-refractivity contribution < 1.29 is 23.8 Å². The number of fused-ring (bicyclic) bond motifs is 3. The summed E-state index contributed by atoms with van der Waals surface area (Å²) in [5.41, 5.74) is 4.69. The van der Waals surface area contributed by atoms with Crippen LogP contribution >= 0.6 is 11.3 Å². The number of nitrogens with zero attached hydrogens (tertiary/aromatic N) is 4. The predicted molar refractivity (Wildman–Crippen MR) is 154 cm³/mol. The maximum atomic E-state index is 12.6. The van der Waals surface area contributed by atoms with Gasteiger partial charge in [0.25, 0.3) is 0 Å². The molecule has 0 saturated heterocycles. The lowest BCUT2D eigenvalue weighted by atomic mass is 10.1. The molecule has 0 unspecified atom stereocenters. The smallest absolute Gasteiger partial charge is 0.412 e. The van der Waals surface area contributed by atoms with E-state index in [1.807, 2.05) is 71.0 Å². The van der Waals surface area contributed by atoms with Crippen LogP contribution in [0.15, 0.2) is 36.4 Å². The molecule has 0 saturated carbocycles. The summed E-state index contributed by atoms with van der Waals surface area (Å²) in [6, 6.07) is 11.7. The van der Waals surface area contributed by atoms with Gasteiger partial charge in [0.05, 0.1) is 35.9 Å². The summed E-state index contributed by atoms with van der Waals surface area (Å²) in [6.07, 6.45) is -0.904. The number of hydrogen-bond donors (Lipinski definition) is 1. The molecule has 210 valence electrons. The summed E-state index contributed by atoms with van der Waals surface area (Å²) in [5, 5.41) is 4.19. The average molecular weight is 564 g/mol. The van der Waals surface area contributed by atoms with Gasteiger partial charge in [-0.2, -0.15) is 0 Å². The Morgan fingerprint density at radius 1 is 1.07 bits per heavy atom. The standard InChI is InChI=1S/C29H33N5O5S/c1-17-7-9-20(23(13-17)37-6)26-30-18(2)25(40-26)32-27(35)38-16-19-8-10-22-21(14-19)31-24-15-33(11-12-34(22)24)28(36)39-29(3,4)5/h7-10,13-14H,11-12,15-16H2,1-6H3,(H,32,35). The maximum absolute atomic E-state index is 12.6. The van der Waals surface area contributed by atoms with E-state index < -0.39 is 11.7 Å². The topological polar surface area (TPSA) is 108 Å². The number of carbonyl (C=O) groups excluding carboxylic acids is 2. The minimum absolute atomic E-state index is 0.0878. The molecular formula is C29H33N5O5S. The molecule has 0 aliphatic carbocycles. The molecular weight excluding hydrogens is 530 g/mol. The summed E-state index contributed by atoms with van der Waals surface area (Å²) in [5.74, 6) is 1.53. The van der Waals surface area contributed by atoms with Gasteiger partial charge in [0.1, 0.15) is 33.8 Å². The second-order valence-electron chi connectivity index (χ2n) is 10.7. The number of ether oxygens (including phenoxy) is 3. The Balaban J connectivity index is 1.23. The van der Waals surface area contributed by atoms with Crippen molar-refractivity contribution in [3.8, 4) is 16.3 Å². The van der Waals surface area contributed by atoms with Crippen molar-refractivity contribution in [2.24, 2.45) is 0 Å². The molecule has 0 radical (unpaired) electrons. The lowest BCUT2D eigenvalue weighted by Crippen LogP contribution is -2.41. The molecule has 0 bridgehead atoms. The van der Waals surface area contributed by atoms with Crippen molar-refractivity contribution in [2.45, 2.75) is 59.9 Å². The Bertz CT molecular complexity index is 1590. The number of methoxy groups -OCH3 is 1. The number of imidazole rings is 1. The number of benzene rings is 2. The normalized spacial score (nSPS) is 13.2. The van der Waals surface area contributed by atoms with E-state index >= 15 is 0 Å². The number of aromatic nitrogens is 3. The number of carbonyl (C=O) groups is 2. The molecule has 1 aliphatic rings. The van der Waals surface area contributed by atoms with Crippen LogP contribution in [0, 0.1) is 13.8 Å². The van der Waals surface area contributed by atoms with Gasteiger partial charge in [-0.05, 0) is 70.0 Å². The summed E-state index contributed by atoms with van der Waals surface area (Å²) < 4.78 is 18.6. The first-order valence-electron chi connectivity index (χ1n) is 13.0. The molecule has 2 aromatic heterocycles. The molecule has 5 rings (SSSR count). The third-order valence-electron chi connectivity index (χ3n) is 6.44. The highest BCUT2D eigenvalue weighted by Gasteiger charge is 2.27. The van der Waals surface area contributed by atoms with E-state index in [1.165, 1.54) is 11.3 Å². The number of thiazole rings is 1. The molecule has 1 N–H and O–H groups in total. The molecule has 0 spiro atoms. The number of rotatable bonds is 5. The van der Waals surface area contributed by atoms with Crippen LogP contribution in [0.25, 0.3) is 21.6 Å². The van der Waals surface area contributed by atoms with Gasteiger partial charge in [0, 0.05) is 13.1 Å². The number of anilines is 1. The minimum atomic E-state index is -0.564. The van der Waals surface area contributed by atoms with Gasteiger partial charge in [0.15, 0.2) is 0 Å². The van der Waals surface area contributed by atoms with E-state index in [9.17, 15) is 9.59 Å². The van der Waals surface area contributed by atoms with Crippen molar-refractivity contribution in [3.63, 3.8) is 0 Å². The van der Waals surface area contributed by atoms with Crippen LogP contribution in [0.5, 0.6) is 5.75 Å². The molecule has 0 fully saturated rings. The van der Waals surface area contributed by atoms with Crippen LogP contribution < -0.4 is 10.1 Å². The van der Waals surface area contributed by atoms with Crippen LogP contribution in [0.1, 0.15) is 43.4 Å². The summed E-state index contributed by atoms with van der Waals surface area (Å²) in [4.78, 5) is 36.2. The highest BCUT2D eigenvalue weighted by molar-refractivity contribution is 7.19. The van der Waals surface area contributed by atoms with Crippen molar-refractivity contribution in [3.05, 3.63) is 59.0 Å². The molecule has 3 heterocycles. The van der Waals surface area contributed by atoms with Crippen molar-refractivity contribution in [2.75, 3.05) is 19.0 Å². The van der Waals surface area contributed by atoms with Gasteiger partial charge in [-0.15, -0.1) is 0 Å². The lowest BCUT2D eigenvalue weighted by Gasteiger charge is -2.30. The largest absolute Gasteiger partial charge is 0.496 e. The fraction of sp³-hybridized carbons (Fsp3) is 0.379. The third-order valence-corrected chi connectivity index (χ3v) is 7.54.